The Morgan fingerprint density at radius 1 is 0.952 bits per heavy atom. The number of H-pyrrole nitrogens is 1. The molecule has 0 aliphatic carbocycles. The Hall–Kier alpha value is -2.67. The molecule has 21 heavy (non-hydrogen) atoms. The molecule has 2 aromatic carbocycles. The van der Waals surface area contributed by atoms with Gasteiger partial charge in [0.1, 0.15) is 0 Å². The predicted molar refractivity (Wildman–Crippen MR) is 79.4 cm³/mol. The lowest BCUT2D eigenvalue weighted by atomic mass is 10.3. The van der Waals surface area contributed by atoms with Gasteiger partial charge in [-0.05, 0) is 46.5 Å². The third-order valence-corrected chi connectivity index (χ3v) is 3.82. The van der Waals surface area contributed by atoms with Gasteiger partial charge in [-0.25, -0.2) is 4.98 Å². The van der Waals surface area contributed by atoms with Crippen LogP contribution >= 0.6 is 11.8 Å². The van der Waals surface area contributed by atoms with E-state index in [1.54, 1.807) is 4.68 Å². The number of rotatable bonds is 3. The quantitative estimate of drug-likeness (QED) is 0.629. The van der Waals surface area contributed by atoms with Gasteiger partial charge in [-0.3, -0.25) is 0 Å². The minimum Gasteiger partial charge on any atom is -0.333 e. The molecule has 0 amide bonds. The second-order valence-corrected chi connectivity index (χ2v) is 5.33. The number of nitrogens with one attached hydrogen (secondary N) is 1. The standard InChI is InChI=1S/C14H10N6S/c1-2-6-10(7-3-1)20-14(17-18-19-20)21-13-15-11-8-4-5-9-12(11)16-13/h1-9H,(H,15,16). The molecule has 4 rings (SSSR count). The van der Waals surface area contributed by atoms with Gasteiger partial charge in [-0.2, -0.15) is 4.68 Å². The molecule has 0 radical (unpaired) electrons. The minimum absolute atomic E-state index is 0.667. The van der Waals surface area contributed by atoms with Crippen LogP contribution in [0.15, 0.2) is 64.9 Å². The Kier molecular flexibility index (Phi) is 2.89. The second kappa shape index (κ2) is 5.02. The zero-order valence-corrected chi connectivity index (χ0v) is 11.7. The van der Waals surface area contributed by atoms with Crippen molar-refractivity contribution in [3.8, 4) is 5.69 Å². The van der Waals surface area contributed by atoms with Crippen LogP contribution in [-0.2, 0) is 0 Å². The summed E-state index contributed by atoms with van der Waals surface area (Å²) < 4.78 is 1.69. The molecule has 0 aliphatic heterocycles. The van der Waals surface area contributed by atoms with Gasteiger partial charge in [0.15, 0.2) is 5.16 Å². The van der Waals surface area contributed by atoms with Gasteiger partial charge < -0.3 is 4.98 Å². The van der Waals surface area contributed by atoms with Gasteiger partial charge >= 0.3 is 0 Å². The summed E-state index contributed by atoms with van der Waals surface area (Å²) >= 11 is 1.40. The zero-order chi connectivity index (χ0) is 14.1. The van der Waals surface area contributed by atoms with Crippen molar-refractivity contribution in [2.24, 2.45) is 0 Å². The van der Waals surface area contributed by atoms with Crippen molar-refractivity contribution in [1.82, 2.24) is 30.2 Å². The van der Waals surface area contributed by atoms with Crippen molar-refractivity contribution in [3.05, 3.63) is 54.6 Å². The van der Waals surface area contributed by atoms with Crippen molar-refractivity contribution in [2.75, 3.05) is 0 Å². The number of aromatic nitrogens is 6. The maximum absolute atomic E-state index is 4.52. The number of fused-ring (bicyclic) bond motifs is 1. The smallest absolute Gasteiger partial charge is 0.221 e. The zero-order valence-electron chi connectivity index (χ0n) is 10.8. The van der Waals surface area contributed by atoms with Crippen LogP contribution in [0.25, 0.3) is 16.7 Å². The van der Waals surface area contributed by atoms with Crippen LogP contribution in [0.1, 0.15) is 0 Å². The van der Waals surface area contributed by atoms with Crippen LogP contribution in [0.3, 0.4) is 0 Å². The molecule has 0 saturated carbocycles. The molecule has 0 aliphatic rings. The van der Waals surface area contributed by atoms with E-state index in [1.807, 2.05) is 54.6 Å². The van der Waals surface area contributed by atoms with E-state index in [9.17, 15) is 0 Å². The average molecular weight is 294 g/mol. The van der Waals surface area contributed by atoms with E-state index < -0.39 is 0 Å². The number of hydrogen-bond donors (Lipinski definition) is 1. The van der Waals surface area contributed by atoms with E-state index in [4.69, 9.17) is 0 Å². The first-order chi connectivity index (χ1) is 10.4. The molecular weight excluding hydrogens is 284 g/mol. The summed E-state index contributed by atoms with van der Waals surface area (Å²) in [6, 6.07) is 17.7. The van der Waals surface area contributed by atoms with Crippen LogP contribution in [0, 0.1) is 0 Å². The fourth-order valence-corrected chi connectivity index (χ4v) is 2.82. The van der Waals surface area contributed by atoms with Crippen LogP contribution < -0.4 is 0 Å². The summed E-state index contributed by atoms with van der Waals surface area (Å²) in [5.41, 5.74) is 2.85. The molecule has 0 spiro atoms. The number of aromatic amines is 1. The molecule has 4 aromatic rings. The fraction of sp³-hybridized carbons (Fsp3) is 0. The Balaban J connectivity index is 1.70. The molecule has 2 aromatic heterocycles. The van der Waals surface area contributed by atoms with E-state index in [1.165, 1.54) is 11.8 Å². The molecule has 2 heterocycles. The maximum atomic E-state index is 4.52. The van der Waals surface area contributed by atoms with Crippen molar-refractivity contribution in [3.63, 3.8) is 0 Å². The van der Waals surface area contributed by atoms with Crippen molar-refractivity contribution in [2.45, 2.75) is 10.3 Å². The monoisotopic (exact) mass is 294 g/mol. The SMILES string of the molecule is c1ccc(-n2nnnc2Sc2nc3ccccc3[nH]2)cc1. The molecule has 0 saturated heterocycles. The number of benzene rings is 2. The van der Waals surface area contributed by atoms with E-state index >= 15 is 0 Å². The van der Waals surface area contributed by atoms with Crippen molar-refractivity contribution in [1.29, 1.82) is 0 Å². The Morgan fingerprint density at radius 2 is 1.76 bits per heavy atom. The summed E-state index contributed by atoms with van der Waals surface area (Å²) in [4.78, 5) is 7.78. The number of para-hydroxylation sites is 3. The van der Waals surface area contributed by atoms with Gasteiger partial charge in [0.25, 0.3) is 0 Å². The maximum Gasteiger partial charge on any atom is 0.221 e. The molecule has 7 heteroatoms. The lowest BCUT2D eigenvalue weighted by molar-refractivity contribution is 0.755. The first kappa shape index (κ1) is 12.1. The normalized spacial score (nSPS) is 11.0. The number of nitrogens with zero attached hydrogens (tertiary/aromatic N) is 5. The topological polar surface area (TPSA) is 72.3 Å². The van der Waals surface area contributed by atoms with Crippen LogP contribution in [0.4, 0.5) is 0 Å². The van der Waals surface area contributed by atoms with E-state index in [2.05, 4.69) is 25.5 Å². The van der Waals surface area contributed by atoms with Gasteiger partial charge in [0.2, 0.25) is 5.16 Å². The second-order valence-electron chi connectivity index (χ2n) is 4.37. The molecule has 0 unspecified atom stereocenters. The molecule has 102 valence electrons. The van der Waals surface area contributed by atoms with Crippen LogP contribution in [-0.4, -0.2) is 30.2 Å². The number of tetrazole rings is 1. The van der Waals surface area contributed by atoms with E-state index in [0.717, 1.165) is 21.9 Å². The van der Waals surface area contributed by atoms with E-state index in [0.29, 0.717) is 5.16 Å². The summed E-state index contributed by atoms with van der Waals surface area (Å²) in [7, 11) is 0. The van der Waals surface area contributed by atoms with E-state index in [-0.39, 0.29) is 0 Å². The summed E-state index contributed by atoms with van der Waals surface area (Å²) in [5, 5.41) is 13.3. The molecule has 6 nitrogen and oxygen atoms in total. The molecular formula is C14H10N6S. The fourth-order valence-electron chi connectivity index (χ4n) is 2.04. The molecule has 0 fully saturated rings. The molecule has 0 atom stereocenters. The van der Waals surface area contributed by atoms with Gasteiger partial charge in [0, 0.05) is 0 Å². The van der Waals surface area contributed by atoms with Crippen molar-refractivity contribution < 1.29 is 0 Å². The Morgan fingerprint density at radius 3 is 2.62 bits per heavy atom. The highest BCUT2D eigenvalue weighted by molar-refractivity contribution is 7.99. The lowest BCUT2D eigenvalue weighted by Crippen LogP contribution is -1.98. The lowest BCUT2D eigenvalue weighted by Gasteiger charge is -2.01. The number of hydrogen-bond acceptors (Lipinski definition) is 5. The third kappa shape index (κ3) is 2.27. The largest absolute Gasteiger partial charge is 0.333 e. The Bertz CT molecular complexity index is 850. The Labute approximate surface area is 124 Å². The third-order valence-electron chi connectivity index (χ3n) is 3.00. The first-order valence-electron chi connectivity index (χ1n) is 6.36. The summed E-state index contributed by atoms with van der Waals surface area (Å²) in [6.07, 6.45) is 0. The van der Waals surface area contributed by atoms with Gasteiger partial charge in [0.05, 0.1) is 16.7 Å². The highest BCUT2D eigenvalue weighted by atomic mass is 32.2. The van der Waals surface area contributed by atoms with Crippen molar-refractivity contribution >= 4 is 22.8 Å². The molecule has 0 bridgehead atoms. The summed E-state index contributed by atoms with van der Waals surface area (Å²) in [6.45, 7) is 0. The number of imidazole rings is 1. The first-order valence-corrected chi connectivity index (χ1v) is 7.18. The van der Waals surface area contributed by atoms with Gasteiger partial charge in [-0.15, -0.1) is 5.10 Å². The predicted octanol–water partition coefficient (Wildman–Crippen LogP) is 2.69. The average Bonchev–Trinajstić information content (AvgIpc) is 3.14. The summed E-state index contributed by atoms with van der Waals surface area (Å²) in [5.74, 6) is 0. The minimum atomic E-state index is 0.667. The highest BCUT2D eigenvalue weighted by Gasteiger charge is 2.12. The van der Waals surface area contributed by atoms with Gasteiger partial charge in [-0.1, -0.05) is 30.3 Å². The molecule has 1 N–H and O–H groups in total. The van der Waals surface area contributed by atoms with Crippen LogP contribution in [0.5, 0.6) is 0 Å². The highest BCUT2D eigenvalue weighted by Crippen LogP contribution is 2.26. The van der Waals surface area contributed by atoms with Crippen LogP contribution in [0.2, 0.25) is 0 Å².